The molecule has 1 heterocycles. The van der Waals surface area contributed by atoms with Crippen molar-refractivity contribution in [1.29, 1.82) is 5.26 Å². The number of aryl methyl sites for hydroxylation is 1. The maximum absolute atomic E-state index is 8.77. The molecule has 0 aliphatic carbocycles. The zero-order chi connectivity index (χ0) is 8.48. The molecule has 11 heavy (non-hydrogen) atoms. The Bertz CT molecular complexity index is 293. The summed E-state index contributed by atoms with van der Waals surface area (Å²) in [5.41, 5.74) is 0.365. The molecule has 0 unspecified atom stereocenters. The lowest BCUT2D eigenvalue weighted by atomic mass is 9.87. The van der Waals surface area contributed by atoms with Crippen molar-refractivity contribution in [2.24, 2.45) is 0 Å². The van der Waals surface area contributed by atoms with E-state index >= 15 is 0 Å². The number of rotatable bonds is 1. The van der Waals surface area contributed by atoms with Crippen molar-refractivity contribution in [2.45, 2.75) is 26.2 Å². The third kappa shape index (κ3) is 1.25. The van der Waals surface area contributed by atoms with Crippen LogP contribution in [0.15, 0.2) is 10.7 Å². The van der Waals surface area contributed by atoms with Gasteiger partial charge in [0, 0.05) is 5.56 Å². The molecule has 1 aromatic heterocycles. The molecule has 0 saturated heterocycles. The first-order valence-corrected chi connectivity index (χ1v) is 3.41. The Balaban J connectivity index is 3.13. The number of hydrogen-bond acceptors (Lipinski definition) is 3. The molecule has 1 aromatic rings. The lowest BCUT2D eigenvalue weighted by Crippen LogP contribution is -2.13. The average Bonchev–Trinajstić information content (AvgIpc) is 2.36. The first-order valence-electron chi connectivity index (χ1n) is 3.41. The van der Waals surface area contributed by atoms with Gasteiger partial charge in [-0.3, -0.25) is 0 Å². The Morgan fingerprint density at radius 2 is 2.27 bits per heavy atom. The van der Waals surface area contributed by atoms with Crippen molar-refractivity contribution in [3.63, 3.8) is 0 Å². The summed E-state index contributed by atoms with van der Waals surface area (Å²) in [6, 6.07) is 2.18. The van der Waals surface area contributed by atoms with Crippen molar-refractivity contribution >= 4 is 0 Å². The van der Waals surface area contributed by atoms with Crippen LogP contribution < -0.4 is 0 Å². The Hall–Kier alpha value is -1.30. The minimum Gasteiger partial charge on any atom is -0.361 e. The van der Waals surface area contributed by atoms with Gasteiger partial charge < -0.3 is 4.52 Å². The largest absolute Gasteiger partial charge is 0.361 e. The van der Waals surface area contributed by atoms with E-state index in [0.717, 1.165) is 11.3 Å². The van der Waals surface area contributed by atoms with Crippen LogP contribution in [0.1, 0.15) is 25.2 Å². The summed E-state index contributed by atoms with van der Waals surface area (Å²) in [5.74, 6) is 0.719. The fourth-order valence-corrected chi connectivity index (χ4v) is 0.960. The van der Waals surface area contributed by atoms with Crippen molar-refractivity contribution in [2.75, 3.05) is 0 Å². The number of aromatic nitrogens is 1. The van der Waals surface area contributed by atoms with Crippen LogP contribution in [0.5, 0.6) is 0 Å². The monoisotopic (exact) mass is 150 g/mol. The van der Waals surface area contributed by atoms with Gasteiger partial charge in [0.1, 0.15) is 5.76 Å². The van der Waals surface area contributed by atoms with Gasteiger partial charge in [0.15, 0.2) is 0 Å². The van der Waals surface area contributed by atoms with E-state index in [0.29, 0.717) is 0 Å². The molecular formula is C8H10N2O. The molecule has 0 spiro atoms. The highest BCUT2D eigenvalue weighted by Crippen LogP contribution is 2.24. The molecule has 3 heteroatoms. The summed E-state index contributed by atoms with van der Waals surface area (Å²) in [6.45, 7) is 5.49. The Kier molecular flexibility index (Phi) is 1.69. The summed E-state index contributed by atoms with van der Waals surface area (Å²) < 4.78 is 4.85. The molecule has 1 rings (SSSR count). The molecule has 0 aliphatic rings. The van der Waals surface area contributed by atoms with Crippen LogP contribution in [0.2, 0.25) is 0 Å². The molecule has 0 aromatic carbocycles. The van der Waals surface area contributed by atoms with Crippen molar-refractivity contribution in [3.05, 3.63) is 17.5 Å². The minimum absolute atomic E-state index is 0.496. The van der Waals surface area contributed by atoms with E-state index < -0.39 is 5.41 Å². The van der Waals surface area contributed by atoms with Gasteiger partial charge in [0.05, 0.1) is 17.7 Å². The normalized spacial score (nSPS) is 11.1. The molecule has 0 fully saturated rings. The van der Waals surface area contributed by atoms with E-state index in [1.165, 1.54) is 0 Å². The highest BCUT2D eigenvalue weighted by molar-refractivity contribution is 5.29. The summed E-state index contributed by atoms with van der Waals surface area (Å²) in [5, 5.41) is 12.4. The molecule has 0 bridgehead atoms. The summed E-state index contributed by atoms with van der Waals surface area (Å²) in [7, 11) is 0. The zero-order valence-corrected chi connectivity index (χ0v) is 6.88. The van der Waals surface area contributed by atoms with Crippen LogP contribution in [0.4, 0.5) is 0 Å². The topological polar surface area (TPSA) is 49.8 Å². The lowest BCUT2D eigenvalue weighted by Gasteiger charge is -2.11. The maximum atomic E-state index is 8.77. The first kappa shape index (κ1) is 7.80. The molecule has 0 amide bonds. The second kappa shape index (κ2) is 2.39. The van der Waals surface area contributed by atoms with E-state index in [1.54, 1.807) is 13.1 Å². The average molecular weight is 150 g/mol. The van der Waals surface area contributed by atoms with Gasteiger partial charge >= 0.3 is 0 Å². The van der Waals surface area contributed by atoms with Crippen molar-refractivity contribution in [1.82, 2.24) is 5.16 Å². The van der Waals surface area contributed by atoms with Crippen LogP contribution >= 0.6 is 0 Å². The summed E-state index contributed by atoms with van der Waals surface area (Å²) in [4.78, 5) is 0. The lowest BCUT2D eigenvalue weighted by molar-refractivity contribution is 0.394. The van der Waals surface area contributed by atoms with Crippen LogP contribution in [-0.4, -0.2) is 5.16 Å². The van der Waals surface area contributed by atoms with E-state index in [9.17, 15) is 0 Å². The fraction of sp³-hybridized carbons (Fsp3) is 0.500. The molecule has 3 nitrogen and oxygen atoms in total. The number of nitriles is 1. The Morgan fingerprint density at radius 3 is 2.64 bits per heavy atom. The van der Waals surface area contributed by atoms with Crippen LogP contribution in [0.3, 0.4) is 0 Å². The van der Waals surface area contributed by atoms with Gasteiger partial charge in [0.25, 0.3) is 0 Å². The standard InChI is InChI=1S/C8H10N2O/c1-6-7(4-10-11-6)8(2,3)5-9/h4H,1-3H3. The van der Waals surface area contributed by atoms with Gasteiger partial charge in [-0.1, -0.05) is 5.16 Å². The van der Waals surface area contributed by atoms with E-state index in [1.807, 2.05) is 13.8 Å². The zero-order valence-electron chi connectivity index (χ0n) is 6.88. The second-order valence-electron chi connectivity index (χ2n) is 3.03. The smallest absolute Gasteiger partial charge is 0.138 e. The first-order chi connectivity index (χ1) is 5.08. The van der Waals surface area contributed by atoms with Gasteiger partial charge in [-0.05, 0) is 20.8 Å². The maximum Gasteiger partial charge on any atom is 0.138 e. The number of hydrogen-bond donors (Lipinski definition) is 0. The molecule has 0 atom stereocenters. The Labute approximate surface area is 65.6 Å². The van der Waals surface area contributed by atoms with Crippen LogP contribution in [-0.2, 0) is 5.41 Å². The fourth-order valence-electron chi connectivity index (χ4n) is 0.960. The highest BCUT2D eigenvalue weighted by Gasteiger charge is 2.24. The van der Waals surface area contributed by atoms with Crippen LogP contribution in [0, 0.1) is 18.3 Å². The predicted molar refractivity (Wildman–Crippen MR) is 39.9 cm³/mol. The van der Waals surface area contributed by atoms with Gasteiger partial charge in [-0.2, -0.15) is 5.26 Å². The minimum atomic E-state index is -0.496. The molecule has 0 radical (unpaired) electrons. The van der Waals surface area contributed by atoms with Gasteiger partial charge in [-0.15, -0.1) is 0 Å². The van der Waals surface area contributed by atoms with Gasteiger partial charge in [0.2, 0.25) is 0 Å². The van der Waals surface area contributed by atoms with E-state index in [2.05, 4.69) is 11.2 Å². The van der Waals surface area contributed by atoms with Crippen molar-refractivity contribution < 1.29 is 4.52 Å². The number of nitrogens with zero attached hydrogens (tertiary/aromatic N) is 2. The summed E-state index contributed by atoms with van der Waals surface area (Å²) >= 11 is 0. The van der Waals surface area contributed by atoms with Gasteiger partial charge in [-0.25, -0.2) is 0 Å². The second-order valence-corrected chi connectivity index (χ2v) is 3.03. The SMILES string of the molecule is Cc1oncc1C(C)(C)C#N. The van der Waals surface area contributed by atoms with Crippen molar-refractivity contribution in [3.8, 4) is 6.07 Å². The molecular weight excluding hydrogens is 140 g/mol. The third-order valence-corrected chi connectivity index (χ3v) is 1.70. The summed E-state index contributed by atoms with van der Waals surface area (Å²) in [6.07, 6.45) is 1.60. The Morgan fingerprint density at radius 1 is 1.64 bits per heavy atom. The van der Waals surface area contributed by atoms with E-state index in [4.69, 9.17) is 9.78 Å². The van der Waals surface area contributed by atoms with E-state index in [-0.39, 0.29) is 0 Å². The molecule has 0 N–H and O–H groups in total. The highest BCUT2D eigenvalue weighted by atomic mass is 16.5. The molecule has 58 valence electrons. The predicted octanol–water partition coefficient (Wildman–Crippen LogP) is 1.78. The van der Waals surface area contributed by atoms with Crippen LogP contribution in [0.25, 0.3) is 0 Å². The molecule has 0 saturated carbocycles. The molecule has 0 aliphatic heterocycles. The quantitative estimate of drug-likeness (QED) is 0.613. The third-order valence-electron chi connectivity index (χ3n) is 1.70.